The Hall–Kier alpha value is -3.93. The smallest absolute Gasteiger partial charge is 0.303 e. The molecule has 1 fully saturated rings. The zero-order chi connectivity index (χ0) is 30.3. The Labute approximate surface area is 239 Å². The normalized spacial score (nSPS) is 22.1. The summed E-state index contributed by atoms with van der Waals surface area (Å²) in [6, 6.07) is 8.26. The maximum Gasteiger partial charge on any atom is 0.303 e. The number of nitrogens with one attached hydrogen (secondary N) is 1. The maximum absolute atomic E-state index is 12.1. The number of rotatable bonds is 11. The molecule has 0 saturated carbocycles. The highest BCUT2D eigenvalue weighted by molar-refractivity contribution is 5.68. The average molecular weight is 575 g/mol. The van der Waals surface area contributed by atoms with Gasteiger partial charge in [0.25, 0.3) is 0 Å². The van der Waals surface area contributed by atoms with Crippen molar-refractivity contribution in [1.82, 2.24) is 10.2 Å². The molecule has 1 aliphatic rings. The molecule has 12 nitrogen and oxygen atoms in total. The Morgan fingerprint density at radius 3 is 1.98 bits per heavy atom. The number of aromatic amines is 1. The lowest BCUT2D eigenvalue weighted by Gasteiger charge is -2.43. The molecule has 0 spiro atoms. The van der Waals surface area contributed by atoms with E-state index in [4.69, 9.17) is 28.4 Å². The molecule has 0 bridgehead atoms. The van der Waals surface area contributed by atoms with Crippen molar-refractivity contribution in [2.45, 2.75) is 92.0 Å². The molecule has 1 saturated heterocycles. The third-order valence-electron chi connectivity index (χ3n) is 6.26. The molecule has 1 unspecified atom stereocenters. The molecule has 224 valence electrons. The highest BCUT2D eigenvalue weighted by atomic mass is 16.7. The van der Waals surface area contributed by atoms with Crippen molar-refractivity contribution in [3.63, 3.8) is 0 Å². The first-order valence-electron chi connectivity index (χ1n) is 13.4. The van der Waals surface area contributed by atoms with Crippen LogP contribution in [0.4, 0.5) is 0 Å². The molecule has 41 heavy (non-hydrogen) atoms. The standard InChI is InChI=1S/C29H38N2O10/c1-15(2)12-21-8-10-22(11-9-21)13-23-16(3)30-31-28(23)41-29-27(39-20(7)35)26(38-19(6)34)25(37-18(5)33)24(40-29)14-36-17(4)32/h8-11,15,24-27,29H,12-14H2,1-7H3,(H,30,31)/t24-,25-,26+,27-,29?/m1/s1. The number of nitrogens with zero attached hydrogens (tertiary/aromatic N) is 1. The van der Waals surface area contributed by atoms with Crippen LogP contribution in [-0.4, -0.2) is 71.4 Å². The van der Waals surface area contributed by atoms with Gasteiger partial charge in [0.15, 0.2) is 12.2 Å². The second-order valence-corrected chi connectivity index (χ2v) is 10.4. The van der Waals surface area contributed by atoms with Crippen LogP contribution >= 0.6 is 0 Å². The van der Waals surface area contributed by atoms with Crippen LogP contribution in [0.3, 0.4) is 0 Å². The number of carbonyl (C=O) groups is 4. The minimum absolute atomic E-state index is 0.176. The summed E-state index contributed by atoms with van der Waals surface area (Å²) in [7, 11) is 0. The van der Waals surface area contributed by atoms with Gasteiger partial charge < -0.3 is 28.4 Å². The molecule has 1 aromatic heterocycles. The van der Waals surface area contributed by atoms with Crippen LogP contribution in [0.1, 0.15) is 63.9 Å². The summed E-state index contributed by atoms with van der Waals surface area (Å²) in [6.07, 6.45) is -5.00. The number of esters is 4. The summed E-state index contributed by atoms with van der Waals surface area (Å²) >= 11 is 0. The molecule has 0 aliphatic carbocycles. The van der Waals surface area contributed by atoms with E-state index >= 15 is 0 Å². The topological polar surface area (TPSA) is 152 Å². The summed E-state index contributed by atoms with van der Waals surface area (Å²) < 4.78 is 33.7. The predicted octanol–water partition coefficient (Wildman–Crippen LogP) is 2.97. The third kappa shape index (κ3) is 9.04. The lowest BCUT2D eigenvalue weighted by atomic mass is 9.98. The van der Waals surface area contributed by atoms with Crippen LogP contribution < -0.4 is 4.74 Å². The average Bonchev–Trinajstić information content (AvgIpc) is 3.20. The summed E-state index contributed by atoms with van der Waals surface area (Å²) in [6.45, 7) is 10.5. The lowest BCUT2D eigenvalue weighted by Crippen LogP contribution is -2.63. The van der Waals surface area contributed by atoms with Crippen molar-refractivity contribution in [1.29, 1.82) is 0 Å². The monoisotopic (exact) mass is 574 g/mol. The fourth-order valence-corrected chi connectivity index (χ4v) is 4.60. The SMILES string of the molecule is CC(=O)OC[C@H]1OC(Oc2n[nH]c(C)c2Cc2ccc(CC(C)C)cc2)[C@H](OC(C)=O)[C@@H](OC(C)=O)[C@@H]1OC(C)=O. The Morgan fingerprint density at radius 1 is 0.854 bits per heavy atom. The second-order valence-electron chi connectivity index (χ2n) is 10.4. The van der Waals surface area contributed by atoms with Gasteiger partial charge in [-0.25, -0.2) is 0 Å². The summed E-state index contributed by atoms with van der Waals surface area (Å²) in [4.78, 5) is 47.7. The van der Waals surface area contributed by atoms with E-state index < -0.39 is 54.6 Å². The first-order valence-corrected chi connectivity index (χ1v) is 13.4. The number of aryl methyl sites for hydroxylation is 1. The number of benzene rings is 1. The molecular weight excluding hydrogens is 536 g/mol. The predicted molar refractivity (Wildman–Crippen MR) is 144 cm³/mol. The number of carbonyl (C=O) groups excluding carboxylic acids is 4. The molecule has 0 amide bonds. The van der Waals surface area contributed by atoms with Crippen molar-refractivity contribution in [3.05, 3.63) is 46.6 Å². The van der Waals surface area contributed by atoms with Gasteiger partial charge >= 0.3 is 23.9 Å². The Balaban J connectivity index is 1.95. The zero-order valence-corrected chi connectivity index (χ0v) is 24.4. The van der Waals surface area contributed by atoms with Crippen LogP contribution in [0, 0.1) is 12.8 Å². The summed E-state index contributed by atoms with van der Waals surface area (Å²) in [5.74, 6) is -2.05. The molecule has 1 N–H and O–H groups in total. The van der Waals surface area contributed by atoms with Gasteiger partial charge in [-0.2, -0.15) is 0 Å². The van der Waals surface area contributed by atoms with Gasteiger partial charge in [-0.1, -0.05) is 38.1 Å². The van der Waals surface area contributed by atoms with E-state index in [1.54, 1.807) is 0 Å². The zero-order valence-electron chi connectivity index (χ0n) is 24.4. The molecule has 2 heterocycles. The molecule has 12 heteroatoms. The van der Waals surface area contributed by atoms with Crippen LogP contribution in [-0.2, 0) is 55.7 Å². The molecule has 1 aromatic carbocycles. The summed E-state index contributed by atoms with van der Waals surface area (Å²) in [5.41, 5.74) is 3.74. The van der Waals surface area contributed by atoms with Crippen molar-refractivity contribution in [2.75, 3.05) is 6.61 Å². The van der Waals surface area contributed by atoms with Crippen molar-refractivity contribution in [3.8, 4) is 5.88 Å². The minimum Gasteiger partial charge on any atom is -0.463 e. The quantitative estimate of drug-likeness (QED) is 0.311. The van der Waals surface area contributed by atoms with E-state index in [0.717, 1.165) is 37.1 Å². The van der Waals surface area contributed by atoms with Crippen LogP contribution in [0.25, 0.3) is 0 Å². The van der Waals surface area contributed by atoms with Gasteiger partial charge in [0, 0.05) is 45.4 Å². The number of hydrogen-bond acceptors (Lipinski definition) is 11. The molecule has 0 radical (unpaired) electrons. The first-order chi connectivity index (χ1) is 19.3. The molecule has 3 rings (SSSR count). The van der Waals surface area contributed by atoms with Gasteiger partial charge in [-0.15, -0.1) is 5.10 Å². The highest BCUT2D eigenvalue weighted by Crippen LogP contribution is 2.32. The molecular formula is C29H38N2O10. The largest absolute Gasteiger partial charge is 0.463 e. The minimum atomic E-state index is -1.37. The summed E-state index contributed by atoms with van der Waals surface area (Å²) in [5, 5.41) is 7.19. The van der Waals surface area contributed by atoms with E-state index in [2.05, 4.69) is 36.2 Å². The van der Waals surface area contributed by atoms with E-state index in [0.29, 0.717) is 12.3 Å². The Morgan fingerprint density at radius 2 is 1.41 bits per heavy atom. The van der Waals surface area contributed by atoms with E-state index in [-0.39, 0.29) is 12.5 Å². The number of aromatic nitrogens is 2. The fourth-order valence-electron chi connectivity index (χ4n) is 4.60. The number of ether oxygens (including phenoxy) is 6. The van der Waals surface area contributed by atoms with Crippen molar-refractivity contribution >= 4 is 23.9 Å². The van der Waals surface area contributed by atoms with E-state index in [1.165, 1.54) is 19.4 Å². The molecule has 5 atom stereocenters. The van der Waals surface area contributed by atoms with Crippen molar-refractivity contribution < 1.29 is 47.6 Å². The van der Waals surface area contributed by atoms with Crippen molar-refractivity contribution in [2.24, 2.45) is 5.92 Å². The number of hydrogen-bond donors (Lipinski definition) is 1. The highest BCUT2D eigenvalue weighted by Gasteiger charge is 2.53. The van der Waals surface area contributed by atoms with Gasteiger partial charge in [0.1, 0.15) is 12.7 Å². The third-order valence-corrected chi connectivity index (χ3v) is 6.26. The Kier molecular flexibility index (Phi) is 10.9. The first kappa shape index (κ1) is 31.6. The second kappa shape index (κ2) is 14.1. The van der Waals surface area contributed by atoms with Gasteiger partial charge in [0.2, 0.25) is 18.3 Å². The van der Waals surface area contributed by atoms with Crippen LogP contribution in [0.2, 0.25) is 0 Å². The molecule has 2 aromatic rings. The Bertz CT molecular complexity index is 1220. The van der Waals surface area contributed by atoms with E-state index in [1.807, 2.05) is 19.1 Å². The maximum atomic E-state index is 12.1. The van der Waals surface area contributed by atoms with Crippen LogP contribution in [0.15, 0.2) is 24.3 Å². The lowest BCUT2D eigenvalue weighted by molar-refractivity contribution is -0.289. The number of H-pyrrole nitrogens is 1. The van der Waals surface area contributed by atoms with Gasteiger partial charge in [-0.3, -0.25) is 24.3 Å². The van der Waals surface area contributed by atoms with Gasteiger partial charge in [0.05, 0.1) is 0 Å². The molecule has 1 aliphatic heterocycles. The van der Waals surface area contributed by atoms with Crippen LogP contribution in [0.5, 0.6) is 5.88 Å². The van der Waals surface area contributed by atoms with Gasteiger partial charge in [-0.05, 0) is 30.4 Å². The van der Waals surface area contributed by atoms with E-state index in [9.17, 15) is 19.2 Å². The fraction of sp³-hybridized carbons (Fsp3) is 0.552.